The predicted octanol–water partition coefficient (Wildman–Crippen LogP) is 3.94. The highest BCUT2D eigenvalue weighted by Gasteiger charge is 2.12. The number of benzene rings is 2. The lowest BCUT2D eigenvalue weighted by molar-refractivity contribution is -0.113. The third-order valence-electron chi connectivity index (χ3n) is 4.68. The summed E-state index contributed by atoms with van der Waals surface area (Å²) < 4.78 is 17.7. The number of hydrogen-bond donors (Lipinski definition) is 1. The molecule has 0 saturated heterocycles. The lowest BCUT2D eigenvalue weighted by Gasteiger charge is -2.10. The molecule has 9 nitrogen and oxygen atoms in total. The van der Waals surface area contributed by atoms with Crippen molar-refractivity contribution in [3.63, 3.8) is 0 Å². The van der Waals surface area contributed by atoms with Gasteiger partial charge in [0.25, 0.3) is 0 Å². The fraction of sp³-hybridized carbons (Fsp3) is 0.217. The van der Waals surface area contributed by atoms with E-state index in [1.165, 1.54) is 11.8 Å². The first-order chi connectivity index (χ1) is 16.1. The van der Waals surface area contributed by atoms with Crippen LogP contribution in [0.4, 0.5) is 5.69 Å². The largest absolute Gasteiger partial charge is 0.494 e. The molecule has 0 fully saturated rings. The SMILES string of the molecule is CCOc1ccc(-c2nnc3ccc(SCC(=O)Nc4ccc(OC)c(OC)c4)nn23)cc1. The number of thioether (sulfide) groups is 1. The van der Waals surface area contributed by atoms with Crippen LogP contribution in [0.5, 0.6) is 17.2 Å². The molecule has 0 aliphatic rings. The maximum absolute atomic E-state index is 12.5. The van der Waals surface area contributed by atoms with Gasteiger partial charge in [0.15, 0.2) is 23.0 Å². The van der Waals surface area contributed by atoms with Gasteiger partial charge in [0.1, 0.15) is 10.8 Å². The number of amides is 1. The Labute approximate surface area is 195 Å². The standard InChI is InChI=1S/C23H23N5O4S/c1-4-32-17-8-5-15(6-9-17)23-26-25-20-11-12-22(27-28(20)23)33-14-21(29)24-16-7-10-18(30-2)19(13-16)31-3/h5-13H,4,14H2,1-3H3,(H,24,29). The second kappa shape index (κ2) is 10.2. The van der Waals surface area contributed by atoms with Crippen molar-refractivity contribution in [2.45, 2.75) is 11.9 Å². The van der Waals surface area contributed by atoms with Crippen molar-refractivity contribution in [1.82, 2.24) is 19.8 Å². The number of aromatic nitrogens is 4. The normalized spacial score (nSPS) is 10.8. The van der Waals surface area contributed by atoms with Crippen molar-refractivity contribution < 1.29 is 19.0 Å². The average molecular weight is 466 g/mol. The maximum atomic E-state index is 12.5. The maximum Gasteiger partial charge on any atom is 0.234 e. The predicted molar refractivity (Wildman–Crippen MR) is 126 cm³/mol. The van der Waals surface area contributed by atoms with Crippen LogP contribution >= 0.6 is 11.8 Å². The third kappa shape index (κ3) is 5.17. The molecule has 10 heteroatoms. The van der Waals surface area contributed by atoms with Gasteiger partial charge >= 0.3 is 0 Å². The number of hydrogen-bond acceptors (Lipinski definition) is 8. The minimum atomic E-state index is -0.162. The summed E-state index contributed by atoms with van der Waals surface area (Å²) >= 11 is 1.32. The molecule has 1 amide bonds. The molecule has 0 aliphatic heterocycles. The number of carbonyl (C=O) groups is 1. The lowest BCUT2D eigenvalue weighted by atomic mass is 10.2. The molecule has 0 radical (unpaired) electrons. The number of fused-ring (bicyclic) bond motifs is 1. The van der Waals surface area contributed by atoms with E-state index >= 15 is 0 Å². The Morgan fingerprint density at radius 1 is 1.00 bits per heavy atom. The second-order valence-electron chi connectivity index (χ2n) is 6.83. The number of nitrogens with zero attached hydrogens (tertiary/aromatic N) is 4. The molecular formula is C23H23N5O4S. The van der Waals surface area contributed by atoms with Crippen molar-refractivity contribution in [1.29, 1.82) is 0 Å². The highest BCUT2D eigenvalue weighted by atomic mass is 32.2. The van der Waals surface area contributed by atoms with Crippen molar-refractivity contribution in [3.8, 4) is 28.6 Å². The summed E-state index contributed by atoms with van der Waals surface area (Å²) in [5, 5.41) is 16.6. The first-order valence-corrected chi connectivity index (χ1v) is 11.2. The van der Waals surface area contributed by atoms with E-state index in [9.17, 15) is 4.79 Å². The van der Waals surface area contributed by atoms with Crippen molar-refractivity contribution >= 4 is 29.0 Å². The van der Waals surface area contributed by atoms with E-state index in [0.29, 0.717) is 40.3 Å². The Balaban J connectivity index is 1.45. The van der Waals surface area contributed by atoms with Crippen molar-refractivity contribution in [3.05, 3.63) is 54.6 Å². The topological polar surface area (TPSA) is 99.9 Å². The van der Waals surface area contributed by atoms with Crippen LogP contribution in [-0.4, -0.2) is 52.3 Å². The molecule has 4 rings (SSSR count). The van der Waals surface area contributed by atoms with Gasteiger partial charge in [-0.15, -0.1) is 10.2 Å². The van der Waals surface area contributed by atoms with E-state index in [2.05, 4.69) is 20.6 Å². The van der Waals surface area contributed by atoms with E-state index < -0.39 is 0 Å². The van der Waals surface area contributed by atoms with Gasteiger partial charge in [0.05, 0.1) is 26.6 Å². The third-order valence-corrected chi connectivity index (χ3v) is 5.60. The van der Waals surface area contributed by atoms with E-state index in [4.69, 9.17) is 14.2 Å². The molecule has 0 spiro atoms. The van der Waals surface area contributed by atoms with Crippen LogP contribution in [0.3, 0.4) is 0 Å². The van der Waals surface area contributed by atoms with Crippen LogP contribution in [0.25, 0.3) is 17.0 Å². The zero-order chi connectivity index (χ0) is 23.2. The summed E-state index contributed by atoms with van der Waals surface area (Å²) in [6.45, 7) is 2.55. The molecule has 2 heterocycles. The highest BCUT2D eigenvalue weighted by Crippen LogP contribution is 2.30. The monoisotopic (exact) mass is 465 g/mol. The average Bonchev–Trinajstić information content (AvgIpc) is 3.26. The molecule has 1 N–H and O–H groups in total. The van der Waals surface area contributed by atoms with Gasteiger partial charge in [-0.3, -0.25) is 4.79 Å². The van der Waals surface area contributed by atoms with Crippen molar-refractivity contribution in [2.24, 2.45) is 0 Å². The number of anilines is 1. The number of rotatable bonds is 9. The van der Waals surface area contributed by atoms with E-state index in [0.717, 1.165) is 11.3 Å². The first kappa shape index (κ1) is 22.4. The minimum Gasteiger partial charge on any atom is -0.494 e. The van der Waals surface area contributed by atoms with Crippen LogP contribution in [0.1, 0.15) is 6.92 Å². The first-order valence-electron chi connectivity index (χ1n) is 10.2. The molecule has 33 heavy (non-hydrogen) atoms. The van der Waals surface area contributed by atoms with Crippen LogP contribution in [0, 0.1) is 0 Å². The number of methoxy groups -OCH3 is 2. The smallest absolute Gasteiger partial charge is 0.234 e. The molecule has 0 bridgehead atoms. The summed E-state index contributed by atoms with van der Waals surface area (Å²) in [6.07, 6.45) is 0. The Hall–Kier alpha value is -3.79. The second-order valence-corrected chi connectivity index (χ2v) is 7.82. The van der Waals surface area contributed by atoms with Gasteiger partial charge in [0, 0.05) is 17.3 Å². The summed E-state index contributed by atoms with van der Waals surface area (Å²) in [5.41, 5.74) is 2.11. The Bertz CT molecular complexity index is 1260. The molecule has 2 aromatic heterocycles. The van der Waals surface area contributed by atoms with Crippen molar-refractivity contribution in [2.75, 3.05) is 31.9 Å². The van der Waals surface area contributed by atoms with Gasteiger partial charge in [0.2, 0.25) is 5.91 Å². The summed E-state index contributed by atoms with van der Waals surface area (Å²) in [5.74, 6) is 2.58. The van der Waals surface area contributed by atoms with Gasteiger partial charge in [-0.1, -0.05) is 11.8 Å². The zero-order valence-electron chi connectivity index (χ0n) is 18.4. The summed E-state index contributed by atoms with van der Waals surface area (Å²) in [7, 11) is 3.11. The molecular weight excluding hydrogens is 442 g/mol. The molecule has 0 atom stereocenters. The molecule has 2 aromatic carbocycles. The Morgan fingerprint density at radius 3 is 2.52 bits per heavy atom. The minimum absolute atomic E-state index is 0.162. The van der Waals surface area contributed by atoms with E-state index in [1.807, 2.05) is 43.3 Å². The summed E-state index contributed by atoms with van der Waals surface area (Å²) in [6, 6.07) is 16.5. The van der Waals surface area contributed by atoms with Crippen LogP contribution in [0.2, 0.25) is 0 Å². The summed E-state index contributed by atoms with van der Waals surface area (Å²) in [4.78, 5) is 12.5. The Morgan fingerprint density at radius 2 is 1.79 bits per heavy atom. The van der Waals surface area contributed by atoms with Gasteiger partial charge in [-0.25, -0.2) is 0 Å². The highest BCUT2D eigenvalue weighted by molar-refractivity contribution is 7.99. The lowest BCUT2D eigenvalue weighted by Crippen LogP contribution is -2.14. The fourth-order valence-corrected chi connectivity index (χ4v) is 3.80. The molecule has 0 saturated carbocycles. The quantitative estimate of drug-likeness (QED) is 0.371. The van der Waals surface area contributed by atoms with Gasteiger partial charge in [-0.2, -0.15) is 9.61 Å². The van der Waals surface area contributed by atoms with Crippen LogP contribution < -0.4 is 19.5 Å². The fourth-order valence-electron chi connectivity index (χ4n) is 3.15. The zero-order valence-corrected chi connectivity index (χ0v) is 19.3. The molecule has 0 unspecified atom stereocenters. The van der Waals surface area contributed by atoms with Gasteiger partial charge < -0.3 is 19.5 Å². The van der Waals surface area contributed by atoms with E-state index in [-0.39, 0.29) is 11.7 Å². The number of nitrogens with one attached hydrogen (secondary N) is 1. The number of ether oxygens (including phenoxy) is 3. The Kier molecular flexibility index (Phi) is 6.94. The van der Waals surface area contributed by atoms with Gasteiger partial charge in [-0.05, 0) is 55.5 Å². The molecule has 4 aromatic rings. The molecule has 0 aliphatic carbocycles. The number of carbonyl (C=O) groups excluding carboxylic acids is 1. The van der Waals surface area contributed by atoms with Crippen LogP contribution in [0.15, 0.2) is 59.6 Å². The molecule has 170 valence electrons. The van der Waals surface area contributed by atoms with Crippen LogP contribution in [-0.2, 0) is 4.79 Å². The van der Waals surface area contributed by atoms with E-state index in [1.54, 1.807) is 36.9 Å².